The van der Waals surface area contributed by atoms with Gasteiger partial charge in [0.25, 0.3) is 0 Å². The predicted molar refractivity (Wildman–Crippen MR) is 93.9 cm³/mol. The smallest absolute Gasteiger partial charge is 0.225 e. The summed E-state index contributed by atoms with van der Waals surface area (Å²) < 4.78 is 5.32. The molecule has 0 bridgehead atoms. The number of nitrogens with one attached hydrogen (secondary N) is 2. The number of morpholine rings is 1. The van der Waals surface area contributed by atoms with Crippen LogP contribution in [-0.4, -0.2) is 56.7 Å². The molecule has 1 fully saturated rings. The summed E-state index contributed by atoms with van der Waals surface area (Å²) in [4.78, 5) is 14.3. The molecule has 1 aliphatic heterocycles. The molecule has 0 atom stereocenters. The van der Waals surface area contributed by atoms with Crippen molar-refractivity contribution in [3.63, 3.8) is 0 Å². The Labute approximate surface area is 139 Å². The van der Waals surface area contributed by atoms with E-state index in [1.54, 1.807) is 0 Å². The van der Waals surface area contributed by atoms with Crippen LogP contribution in [0.2, 0.25) is 0 Å². The summed E-state index contributed by atoms with van der Waals surface area (Å²) in [6, 6.07) is 8.08. The molecule has 5 nitrogen and oxygen atoms in total. The standard InChI is InChI=1S/C18H29N3O2/c1-15(2)16-3-5-17(6-4-16)20-18(22)7-8-19-9-10-21-11-13-23-14-12-21/h3-6,15,19H,7-14H2,1-2H3,(H,20,22). The molecule has 0 aromatic heterocycles. The highest BCUT2D eigenvalue weighted by atomic mass is 16.5. The first-order valence-corrected chi connectivity index (χ1v) is 8.56. The Morgan fingerprint density at radius 2 is 1.87 bits per heavy atom. The monoisotopic (exact) mass is 319 g/mol. The molecule has 0 aliphatic carbocycles. The van der Waals surface area contributed by atoms with Gasteiger partial charge in [-0.1, -0.05) is 26.0 Å². The van der Waals surface area contributed by atoms with E-state index in [1.807, 2.05) is 12.1 Å². The second-order valence-electron chi connectivity index (χ2n) is 6.28. The zero-order chi connectivity index (χ0) is 16.5. The van der Waals surface area contributed by atoms with Gasteiger partial charge in [-0.15, -0.1) is 0 Å². The molecule has 2 rings (SSSR count). The highest BCUT2D eigenvalue weighted by molar-refractivity contribution is 5.90. The molecule has 1 saturated heterocycles. The maximum atomic E-state index is 11.9. The summed E-state index contributed by atoms with van der Waals surface area (Å²) in [6.07, 6.45) is 0.495. The van der Waals surface area contributed by atoms with Gasteiger partial charge in [0.15, 0.2) is 0 Å². The fourth-order valence-electron chi connectivity index (χ4n) is 2.56. The van der Waals surface area contributed by atoms with Crippen molar-refractivity contribution in [1.29, 1.82) is 0 Å². The minimum Gasteiger partial charge on any atom is -0.379 e. The molecular formula is C18H29N3O2. The number of ether oxygens (including phenoxy) is 1. The number of carbonyl (C=O) groups excluding carboxylic acids is 1. The third kappa shape index (κ3) is 6.69. The van der Waals surface area contributed by atoms with E-state index in [0.29, 0.717) is 18.9 Å². The van der Waals surface area contributed by atoms with E-state index in [2.05, 4.69) is 41.5 Å². The van der Waals surface area contributed by atoms with Crippen molar-refractivity contribution in [3.8, 4) is 0 Å². The van der Waals surface area contributed by atoms with Gasteiger partial charge in [0, 0.05) is 44.8 Å². The summed E-state index contributed by atoms with van der Waals surface area (Å²) in [7, 11) is 0. The first-order valence-electron chi connectivity index (χ1n) is 8.56. The quantitative estimate of drug-likeness (QED) is 0.720. The van der Waals surface area contributed by atoms with Crippen LogP contribution in [-0.2, 0) is 9.53 Å². The highest BCUT2D eigenvalue weighted by Crippen LogP contribution is 2.17. The van der Waals surface area contributed by atoms with Gasteiger partial charge in [-0.25, -0.2) is 0 Å². The molecule has 0 radical (unpaired) electrons. The predicted octanol–water partition coefficient (Wildman–Crippen LogP) is 2.06. The second-order valence-corrected chi connectivity index (χ2v) is 6.28. The highest BCUT2D eigenvalue weighted by Gasteiger charge is 2.09. The van der Waals surface area contributed by atoms with Crippen molar-refractivity contribution in [3.05, 3.63) is 29.8 Å². The lowest BCUT2D eigenvalue weighted by molar-refractivity contribution is -0.116. The van der Waals surface area contributed by atoms with E-state index >= 15 is 0 Å². The van der Waals surface area contributed by atoms with Gasteiger partial charge >= 0.3 is 0 Å². The van der Waals surface area contributed by atoms with Crippen molar-refractivity contribution in [2.75, 3.05) is 51.3 Å². The first-order chi connectivity index (χ1) is 11.1. The Hall–Kier alpha value is -1.43. The molecule has 128 valence electrons. The van der Waals surface area contributed by atoms with Crippen molar-refractivity contribution in [2.24, 2.45) is 0 Å². The number of anilines is 1. The Bertz CT molecular complexity index is 468. The Balaban J connectivity index is 1.57. The number of amides is 1. The van der Waals surface area contributed by atoms with Crippen molar-refractivity contribution in [2.45, 2.75) is 26.2 Å². The number of hydrogen-bond donors (Lipinski definition) is 2. The van der Waals surface area contributed by atoms with Crippen LogP contribution in [0.3, 0.4) is 0 Å². The van der Waals surface area contributed by atoms with Gasteiger partial charge < -0.3 is 15.4 Å². The Morgan fingerprint density at radius 1 is 1.17 bits per heavy atom. The lowest BCUT2D eigenvalue weighted by atomic mass is 10.0. The zero-order valence-electron chi connectivity index (χ0n) is 14.3. The molecule has 0 unspecified atom stereocenters. The fraction of sp³-hybridized carbons (Fsp3) is 0.611. The van der Waals surface area contributed by atoms with E-state index in [9.17, 15) is 4.79 Å². The van der Waals surface area contributed by atoms with Gasteiger partial charge in [-0.2, -0.15) is 0 Å². The Kier molecular flexibility index (Phi) is 7.52. The van der Waals surface area contributed by atoms with Crippen LogP contribution >= 0.6 is 0 Å². The fourth-order valence-corrected chi connectivity index (χ4v) is 2.56. The van der Waals surface area contributed by atoms with E-state index in [0.717, 1.165) is 45.1 Å². The molecule has 1 aliphatic rings. The number of rotatable bonds is 8. The zero-order valence-corrected chi connectivity index (χ0v) is 14.3. The minimum absolute atomic E-state index is 0.0566. The third-order valence-electron chi connectivity index (χ3n) is 4.10. The molecule has 0 spiro atoms. The van der Waals surface area contributed by atoms with Crippen LogP contribution in [0, 0.1) is 0 Å². The van der Waals surface area contributed by atoms with Gasteiger partial charge in [0.05, 0.1) is 13.2 Å². The summed E-state index contributed by atoms with van der Waals surface area (Å²) in [5.74, 6) is 0.566. The summed E-state index contributed by atoms with van der Waals surface area (Å²) >= 11 is 0. The van der Waals surface area contributed by atoms with Crippen LogP contribution in [0.15, 0.2) is 24.3 Å². The van der Waals surface area contributed by atoms with Gasteiger partial charge in [-0.3, -0.25) is 9.69 Å². The lowest BCUT2D eigenvalue weighted by Gasteiger charge is -2.26. The van der Waals surface area contributed by atoms with Crippen molar-refractivity contribution < 1.29 is 9.53 Å². The summed E-state index contributed by atoms with van der Waals surface area (Å²) in [5.41, 5.74) is 2.15. The van der Waals surface area contributed by atoms with Crippen LogP contribution in [0.1, 0.15) is 31.7 Å². The van der Waals surface area contributed by atoms with Gasteiger partial charge in [0.1, 0.15) is 0 Å². The first kappa shape index (κ1) is 17.9. The number of hydrogen-bond acceptors (Lipinski definition) is 4. The average molecular weight is 319 g/mol. The molecule has 1 heterocycles. The maximum absolute atomic E-state index is 11.9. The topological polar surface area (TPSA) is 53.6 Å². The van der Waals surface area contributed by atoms with E-state index in [-0.39, 0.29) is 5.91 Å². The molecule has 23 heavy (non-hydrogen) atoms. The van der Waals surface area contributed by atoms with Crippen molar-refractivity contribution in [1.82, 2.24) is 10.2 Å². The second kappa shape index (κ2) is 9.65. The molecule has 1 aromatic carbocycles. The Morgan fingerprint density at radius 3 is 2.52 bits per heavy atom. The van der Waals surface area contributed by atoms with Gasteiger partial charge in [0.2, 0.25) is 5.91 Å². The summed E-state index contributed by atoms with van der Waals surface area (Å²) in [6.45, 7) is 10.6. The maximum Gasteiger partial charge on any atom is 0.225 e. The normalized spacial score (nSPS) is 15.8. The molecule has 2 N–H and O–H groups in total. The third-order valence-corrected chi connectivity index (χ3v) is 4.10. The minimum atomic E-state index is 0.0566. The van der Waals surface area contributed by atoms with Crippen molar-refractivity contribution >= 4 is 11.6 Å². The van der Waals surface area contributed by atoms with Crippen LogP contribution in [0.25, 0.3) is 0 Å². The average Bonchev–Trinajstić information content (AvgIpc) is 2.56. The lowest BCUT2D eigenvalue weighted by Crippen LogP contribution is -2.40. The summed E-state index contributed by atoms with van der Waals surface area (Å²) in [5, 5.41) is 6.27. The van der Waals surface area contributed by atoms with Crippen LogP contribution in [0.5, 0.6) is 0 Å². The molecule has 1 amide bonds. The molecule has 5 heteroatoms. The number of benzene rings is 1. The van der Waals surface area contributed by atoms with Crippen LogP contribution in [0.4, 0.5) is 5.69 Å². The molecular weight excluding hydrogens is 290 g/mol. The number of nitrogens with zero attached hydrogens (tertiary/aromatic N) is 1. The van der Waals surface area contributed by atoms with Crippen LogP contribution < -0.4 is 10.6 Å². The SMILES string of the molecule is CC(C)c1ccc(NC(=O)CCNCCN2CCOCC2)cc1. The number of carbonyl (C=O) groups is 1. The van der Waals surface area contributed by atoms with E-state index in [4.69, 9.17) is 4.74 Å². The largest absolute Gasteiger partial charge is 0.379 e. The molecule has 1 aromatic rings. The van der Waals surface area contributed by atoms with E-state index < -0.39 is 0 Å². The van der Waals surface area contributed by atoms with Gasteiger partial charge in [-0.05, 0) is 23.6 Å². The molecule has 0 saturated carbocycles. The van der Waals surface area contributed by atoms with E-state index in [1.165, 1.54) is 5.56 Å².